The molecule has 0 aliphatic carbocycles. The highest BCUT2D eigenvalue weighted by atomic mass is 16.1. The number of piperidine rings is 1. The number of pyridine rings is 1. The maximum atomic E-state index is 12.0. The van der Waals surface area contributed by atoms with Gasteiger partial charge in [-0.15, -0.1) is 0 Å². The van der Waals surface area contributed by atoms with Crippen molar-refractivity contribution in [3.63, 3.8) is 0 Å². The van der Waals surface area contributed by atoms with Crippen molar-refractivity contribution in [2.24, 2.45) is 5.92 Å². The summed E-state index contributed by atoms with van der Waals surface area (Å²) in [5.74, 6) is 1.84. The second-order valence-electron chi connectivity index (χ2n) is 6.89. The molecule has 1 aromatic carbocycles. The molecule has 1 amide bonds. The Hall–Kier alpha value is -2.56. The van der Waals surface area contributed by atoms with Crippen LogP contribution in [-0.4, -0.2) is 24.0 Å². The summed E-state index contributed by atoms with van der Waals surface area (Å²) in [5, 5.41) is 2.94. The number of anilines is 2. The Morgan fingerprint density at radius 3 is 2.48 bits per heavy atom. The smallest absolute Gasteiger partial charge is 0.224 e. The average Bonchev–Trinajstić information content (AvgIpc) is 2.63. The Labute approximate surface area is 149 Å². The van der Waals surface area contributed by atoms with Crippen LogP contribution in [0.5, 0.6) is 0 Å². The van der Waals surface area contributed by atoms with Gasteiger partial charge in [-0.25, -0.2) is 4.98 Å². The van der Waals surface area contributed by atoms with Crippen LogP contribution in [0.25, 0.3) is 0 Å². The van der Waals surface area contributed by atoms with Gasteiger partial charge in [-0.3, -0.25) is 4.79 Å². The van der Waals surface area contributed by atoms with Gasteiger partial charge in [0.2, 0.25) is 5.91 Å². The fourth-order valence-electron chi connectivity index (χ4n) is 3.03. The first kappa shape index (κ1) is 17.3. The summed E-state index contributed by atoms with van der Waals surface area (Å²) in [4.78, 5) is 18.9. The van der Waals surface area contributed by atoms with E-state index in [-0.39, 0.29) is 5.91 Å². The molecule has 1 aromatic heterocycles. The van der Waals surface area contributed by atoms with Gasteiger partial charge < -0.3 is 16.0 Å². The van der Waals surface area contributed by atoms with Gasteiger partial charge in [0.05, 0.1) is 6.42 Å². The van der Waals surface area contributed by atoms with E-state index in [1.54, 1.807) is 0 Å². The molecule has 1 aliphatic rings. The molecule has 1 saturated heterocycles. The van der Waals surface area contributed by atoms with E-state index in [0.29, 0.717) is 18.7 Å². The molecule has 3 N–H and O–H groups in total. The van der Waals surface area contributed by atoms with Crippen molar-refractivity contribution >= 4 is 17.4 Å². The fraction of sp³-hybridized carbons (Fsp3) is 0.400. The molecule has 1 aliphatic heterocycles. The van der Waals surface area contributed by atoms with Crippen LogP contribution in [0.4, 0.5) is 11.5 Å². The number of nitrogens with two attached hydrogens (primary N) is 1. The molecule has 2 aromatic rings. The third-order valence-corrected chi connectivity index (χ3v) is 4.75. The number of carbonyl (C=O) groups excluding carboxylic acids is 1. The number of nitrogens with one attached hydrogen (secondary N) is 1. The minimum atomic E-state index is -0.00105. The Morgan fingerprint density at radius 2 is 1.84 bits per heavy atom. The maximum Gasteiger partial charge on any atom is 0.224 e. The Kier molecular flexibility index (Phi) is 5.53. The highest BCUT2D eigenvalue weighted by Crippen LogP contribution is 2.21. The van der Waals surface area contributed by atoms with E-state index in [2.05, 4.69) is 28.2 Å². The predicted molar refractivity (Wildman–Crippen MR) is 101 cm³/mol. The SMILES string of the molecule is CC1CCN(c2ccc(CNC(=O)Cc3ccc(N)cc3)cn2)CC1. The highest BCUT2D eigenvalue weighted by Gasteiger charge is 2.16. The van der Waals surface area contributed by atoms with E-state index < -0.39 is 0 Å². The molecule has 5 nitrogen and oxygen atoms in total. The number of amides is 1. The number of carbonyl (C=O) groups is 1. The lowest BCUT2D eigenvalue weighted by atomic mass is 9.99. The molecular weight excluding hydrogens is 312 g/mol. The second kappa shape index (κ2) is 8.01. The normalized spacial score (nSPS) is 15.2. The van der Waals surface area contributed by atoms with Gasteiger partial charge in [-0.05, 0) is 48.1 Å². The molecule has 0 unspecified atom stereocenters. The third-order valence-electron chi connectivity index (χ3n) is 4.75. The summed E-state index contributed by atoms with van der Waals surface area (Å²) in [5.41, 5.74) is 8.33. The molecule has 0 spiro atoms. The van der Waals surface area contributed by atoms with Crippen molar-refractivity contribution < 1.29 is 4.79 Å². The number of hydrogen-bond acceptors (Lipinski definition) is 4. The number of aromatic nitrogens is 1. The predicted octanol–water partition coefficient (Wildman–Crippen LogP) is 2.76. The van der Waals surface area contributed by atoms with Crippen LogP contribution in [0.15, 0.2) is 42.6 Å². The van der Waals surface area contributed by atoms with Crippen molar-refractivity contribution in [1.29, 1.82) is 0 Å². The van der Waals surface area contributed by atoms with Crippen LogP contribution < -0.4 is 16.0 Å². The van der Waals surface area contributed by atoms with Crippen molar-refractivity contribution in [3.05, 3.63) is 53.7 Å². The molecule has 25 heavy (non-hydrogen) atoms. The van der Waals surface area contributed by atoms with Crippen molar-refractivity contribution in [1.82, 2.24) is 10.3 Å². The topological polar surface area (TPSA) is 71.2 Å². The lowest BCUT2D eigenvalue weighted by Gasteiger charge is -2.31. The van der Waals surface area contributed by atoms with Crippen LogP contribution >= 0.6 is 0 Å². The maximum absolute atomic E-state index is 12.0. The van der Waals surface area contributed by atoms with Gasteiger partial charge in [-0.2, -0.15) is 0 Å². The molecule has 2 heterocycles. The summed E-state index contributed by atoms with van der Waals surface area (Å²) < 4.78 is 0. The van der Waals surface area contributed by atoms with Crippen LogP contribution in [0.2, 0.25) is 0 Å². The van der Waals surface area contributed by atoms with E-state index in [9.17, 15) is 4.79 Å². The molecule has 132 valence electrons. The molecule has 0 bridgehead atoms. The molecule has 0 radical (unpaired) electrons. The third kappa shape index (κ3) is 4.95. The molecule has 5 heteroatoms. The van der Waals surface area contributed by atoms with Gasteiger partial charge >= 0.3 is 0 Å². The quantitative estimate of drug-likeness (QED) is 0.823. The molecule has 3 rings (SSSR count). The summed E-state index contributed by atoms with van der Waals surface area (Å²) in [7, 11) is 0. The fourth-order valence-corrected chi connectivity index (χ4v) is 3.03. The number of benzene rings is 1. The number of nitrogen functional groups attached to an aromatic ring is 1. The minimum absolute atomic E-state index is 0.00105. The van der Waals surface area contributed by atoms with Crippen LogP contribution in [0.3, 0.4) is 0 Å². The Morgan fingerprint density at radius 1 is 1.16 bits per heavy atom. The monoisotopic (exact) mass is 338 g/mol. The zero-order valence-electron chi connectivity index (χ0n) is 14.7. The van der Waals surface area contributed by atoms with Crippen LogP contribution in [-0.2, 0) is 17.8 Å². The average molecular weight is 338 g/mol. The van der Waals surface area contributed by atoms with Gasteiger partial charge in [0, 0.05) is 31.5 Å². The lowest BCUT2D eigenvalue weighted by molar-refractivity contribution is -0.120. The summed E-state index contributed by atoms with van der Waals surface area (Å²) in [6.07, 6.45) is 4.67. The lowest BCUT2D eigenvalue weighted by Crippen LogP contribution is -2.33. The first-order valence-electron chi connectivity index (χ1n) is 8.91. The largest absolute Gasteiger partial charge is 0.399 e. The van der Waals surface area contributed by atoms with E-state index in [1.165, 1.54) is 12.8 Å². The van der Waals surface area contributed by atoms with Crippen molar-refractivity contribution in [2.75, 3.05) is 23.7 Å². The van der Waals surface area contributed by atoms with Crippen molar-refractivity contribution in [3.8, 4) is 0 Å². The molecule has 0 atom stereocenters. The molecular formula is C20H26N4O. The Balaban J connectivity index is 1.48. The van der Waals surface area contributed by atoms with Gasteiger partial charge in [0.1, 0.15) is 5.82 Å². The van der Waals surface area contributed by atoms with Crippen molar-refractivity contribution in [2.45, 2.75) is 32.7 Å². The second-order valence-corrected chi connectivity index (χ2v) is 6.89. The molecule has 0 saturated carbocycles. The summed E-state index contributed by atoms with van der Waals surface area (Å²) in [6.45, 7) is 4.96. The molecule has 1 fully saturated rings. The van der Waals surface area contributed by atoms with Gasteiger partial charge in [-0.1, -0.05) is 25.1 Å². The van der Waals surface area contributed by atoms with Crippen LogP contribution in [0, 0.1) is 5.92 Å². The number of hydrogen-bond donors (Lipinski definition) is 2. The van der Waals surface area contributed by atoms with E-state index >= 15 is 0 Å². The standard InChI is InChI=1S/C20H26N4O/c1-15-8-10-24(11-9-15)19-7-4-17(13-22-19)14-23-20(25)12-16-2-5-18(21)6-3-16/h2-7,13,15H,8-12,14,21H2,1H3,(H,23,25). The van der Waals surface area contributed by atoms with Crippen LogP contribution in [0.1, 0.15) is 30.9 Å². The van der Waals surface area contributed by atoms with Gasteiger partial charge in [0.25, 0.3) is 0 Å². The summed E-state index contributed by atoms with van der Waals surface area (Å²) in [6, 6.07) is 11.5. The minimum Gasteiger partial charge on any atom is -0.399 e. The Bertz CT molecular complexity index is 689. The first-order valence-corrected chi connectivity index (χ1v) is 8.91. The van der Waals surface area contributed by atoms with E-state index in [4.69, 9.17) is 5.73 Å². The van der Waals surface area contributed by atoms with E-state index in [1.807, 2.05) is 36.5 Å². The highest BCUT2D eigenvalue weighted by molar-refractivity contribution is 5.78. The zero-order chi connectivity index (χ0) is 17.6. The zero-order valence-corrected chi connectivity index (χ0v) is 14.7. The number of nitrogens with zero attached hydrogens (tertiary/aromatic N) is 2. The first-order chi connectivity index (χ1) is 12.1. The van der Waals surface area contributed by atoms with E-state index in [0.717, 1.165) is 36.0 Å². The summed E-state index contributed by atoms with van der Waals surface area (Å²) >= 11 is 0. The number of rotatable bonds is 5. The van der Waals surface area contributed by atoms with Gasteiger partial charge in [0.15, 0.2) is 0 Å².